The van der Waals surface area contributed by atoms with Crippen LogP contribution in [0.3, 0.4) is 0 Å². The van der Waals surface area contributed by atoms with Crippen molar-refractivity contribution >= 4 is 66.6 Å². The van der Waals surface area contributed by atoms with Gasteiger partial charge in [0.25, 0.3) is 0 Å². The molecule has 0 bridgehead atoms. The van der Waals surface area contributed by atoms with E-state index in [1.165, 1.54) is 27.8 Å². The summed E-state index contributed by atoms with van der Waals surface area (Å²) in [4.78, 5) is 22.8. The number of ether oxygens (including phenoxy) is 2. The van der Waals surface area contributed by atoms with Crippen LogP contribution in [0, 0.1) is 11.7 Å². The molecular weight excluding hydrogens is 614 g/mol. The molecule has 0 aliphatic carbocycles. The molecule has 2 aliphatic rings. The first-order valence-electron chi connectivity index (χ1n) is 13.3. The number of carbonyl (C=O) groups is 1. The Morgan fingerprint density at radius 2 is 1.83 bits per heavy atom. The molecule has 0 atom stereocenters. The van der Waals surface area contributed by atoms with Crippen molar-refractivity contribution in [1.82, 2.24) is 14.2 Å². The molecule has 9 nitrogen and oxygen atoms in total. The average molecular weight is 648 g/mol. The number of aromatic nitrogens is 1. The van der Waals surface area contributed by atoms with E-state index in [1.807, 2.05) is 0 Å². The van der Waals surface area contributed by atoms with E-state index in [0.29, 0.717) is 54.0 Å². The number of carbonyl (C=O) groups excluding carboxylic acids is 1. The van der Waals surface area contributed by atoms with E-state index in [9.17, 15) is 17.6 Å². The Morgan fingerprint density at radius 3 is 2.49 bits per heavy atom. The highest BCUT2D eigenvalue weighted by molar-refractivity contribution is 7.89. The molecule has 2 saturated heterocycles. The smallest absolute Gasteiger partial charge is 0.243 e. The maximum Gasteiger partial charge on any atom is 0.243 e. The van der Waals surface area contributed by atoms with E-state index in [2.05, 4.69) is 4.90 Å². The molecule has 5 rings (SSSR count). The second-order valence-corrected chi connectivity index (χ2v) is 13.2. The number of anilines is 1. The molecule has 0 radical (unpaired) electrons. The van der Waals surface area contributed by atoms with E-state index >= 15 is 0 Å². The minimum atomic E-state index is -3.77. The zero-order valence-electron chi connectivity index (χ0n) is 22.6. The number of morpholine rings is 1. The molecule has 0 N–H and O–H groups in total. The van der Waals surface area contributed by atoms with Gasteiger partial charge in [-0.25, -0.2) is 17.8 Å². The predicted octanol–water partition coefficient (Wildman–Crippen LogP) is 4.68. The number of amides is 1. The van der Waals surface area contributed by atoms with Crippen molar-refractivity contribution in [3.63, 3.8) is 0 Å². The van der Waals surface area contributed by atoms with Crippen molar-refractivity contribution in [3.8, 4) is 5.75 Å². The molecular formula is C27H33Cl2FN4O5S2. The molecule has 1 amide bonds. The zero-order valence-corrected chi connectivity index (χ0v) is 25.8. The summed E-state index contributed by atoms with van der Waals surface area (Å²) in [6, 6.07) is 8.33. The maximum atomic E-state index is 13.9. The highest BCUT2D eigenvalue weighted by Crippen LogP contribution is 2.39. The van der Waals surface area contributed by atoms with E-state index in [1.54, 1.807) is 24.1 Å². The van der Waals surface area contributed by atoms with Gasteiger partial charge in [0.15, 0.2) is 5.13 Å². The summed E-state index contributed by atoms with van der Waals surface area (Å²) in [6.45, 7) is 4.86. The molecule has 2 fully saturated rings. The van der Waals surface area contributed by atoms with Gasteiger partial charge in [-0.15, -0.1) is 12.4 Å². The number of fused-ring (bicyclic) bond motifs is 1. The van der Waals surface area contributed by atoms with Gasteiger partial charge in [0.1, 0.15) is 17.1 Å². The first-order valence-corrected chi connectivity index (χ1v) is 15.9. The molecule has 224 valence electrons. The summed E-state index contributed by atoms with van der Waals surface area (Å²) in [6.07, 6.45) is 1.52. The van der Waals surface area contributed by atoms with Crippen LogP contribution in [0.1, 0.15) is 19.3 Å². The van der Waals surface area contributed by atoms with Gasteiger partial charge in [0, 0.05) is 45.2 Å². The molecule has 2 aliphatic heterocycles. The highest BCUT2D eigenvalue weighted by Gasteiger charge is 2.35. The second kappa shape index (κ2) is 13.9. The summed E-state index contributed by atoms with van der Waals surface area (Å²) < 4.78 is 52.5. The van der Waals surface area contributed by atoms with Gasteiger partial charge in [0.2, 0.25) is 15.9 Å². The Labute approximate surface area is 254 Å². The fourth-order valence-corrected chi connectivity index (χ4v) is 7.88. The number of methoxy groups -OCH3 is 1. The van der Waals surface area contributed by atoms with Crippen molar-refractivity contribution < 1.29 is 27.1 Å². The van der Waals surface area contributed by atoms with Crippen LogP contribution in [0.15, 0.2) is 41.3 Å². The average Bonchev–Trinajstić information content (AvgIpc) is 3.42. The Morgan fingerprint density at radius 1 is 1.15 bits per heavy atom. The van der Waals surface area contributed by atoms with Crippen LogP contribution in [-0.4, -0.2) is 88.1 Å². The maximum absolute atomic E-state index is 13.9. The minimum Gasteiger partial charge on any atom is -0.494 e. The number of thiazole rings is 1. The lowest BCUT2D eigenvalue weighted by Crippen LogP contribution is -2.45. The Hall–Kier alpha value is -2.06. The lowest BCUT2D eigenvalue weighted by Gasteiger charge is -2.33. The standard InChI is InChI=1S/C27H32ClFN4O5S2.ClH/c1-37-23-8-7-22(28)25-24(23)30-27(39-25)33(12-2-11-31-15-17-38-18-16-31)26(34)19-9-13-32(14-10-19)40(35,36)21-5-3-20(29)4-6-21;/h3-8,19H,2,9-18H2,1H3;1H. The summed E-state index contributed by atoms with van der Waals surface area (Å²) >= 11 is 7.82. The largest absolute Gasteiger partial charge is 0.494 e. The van der Waals surface area contributed by atoms with Crippen LogP contribution >= 0.6 is 35.3 Å². The number of nitrogens with zero attached hydrogens (tertiary/aromatic N) is 4. The summed E-state index contributed by atoms with van der Waals surface area (Å²) in [5.74, 6) is -0.338. The molecule has 0 unspecified atom stereocenters. The van der Waals surface area contributed by atoms with Gasteiger partial charge in [-0.1, -0.05) is 22.9 Å². The first-order chi connectivity index (χ1) is 19.3. The molecule has 2 aromatic carbocycles. The van der Waals surface area contributed by atoms with Gasteiger partial charge in [0.05, 0.1) is 34.9 Å². The Kier molecular flexibility index (Phi) is 10.8. The molecule has 0 spiro atoms. The first kappa shape index (κ1) is 31.9. The summed E-state index contributed by atoms with van der Waals surface area (Å²) in [7, 11) is -2.20. The zero-order chi connectivity index (χ0) is 28.3. The quantitative estimate of drug-likeness (QED) is 0.333. The Balaban J connectivity index is 0.00000387. The normalized spacial score (nSPS) is 17.3. The van der Waals surface area contributed by atoms with Crippen LogP contribution in [0.5, 0.6) is 5.75 Å². The third-order valence-electron chi connectivity index (χ3n) is 7.38. The van der Waals surface area contributed by atoms with Gasteiger partial charge >= 0.3 is 0 Å². The van der Waals surface area contributed by atoms with Crippen LogP contribution < -0.4 is 9.64 Å². The second-order valence-electron chi connectivity index (χ2n) is 9.85. The van der Waals surface area contributed by atoms with E-state index in [-0.39, 0.29) is 42.2 Å². The van der Waals surface area contributed by atoms with Gasteiger partial charge in [-0.3, -0.25) is 14.6 Å². The predicted molar refractivity (Wildman–Crippen MR) is 161 cm³/mol. The molecule has 41 heavy (non-hydrogen) atoms. The van der Waals surface area contributed by atoms with Crippen molar-refractivity contribution in [2.45, 2.75) is 24.2 Å². The molecule has 3 aromatic rings. The third-order valence-corrected chi connectivity index (χ3v) is 10.8. The van der Waals surface area contributed by atoms with Crippen molar-refractivity contribution in [1.29, 1.82) is 0 Å². The monoisotopic (exact) mass is 646 g/mol. The minimum absolute atomic E-state index is 0. The SMILES string of the molecule is COc1ccc(Cl)c2sc(N(CCCN3CCOCC3)C(=O)C3CCN(S(=O)(=O)c4ccc(F)cc4)CC3)nc12.Cl. The van der Waals surface area contributed by atoms with Crippen LogP contribution in [0.2, 0.25) is 5.02 Å². The lowest BCUT2D eigenvalue weighted by molar-refractivity contribution is -0.123. The Bertz CT molecular complexity index is 1440. The van der Waals surface area contributed by atoms with E-state index in [4.69, 9.17) is 26.1 Å². The van der Waals surface area contributed by atoms with E-state index < -0.39 is 15.8 Å². The van der Waals surface area contributed by atoms with Crippen molar-refractivity contribution in [3.05, 3.63) is 47.2 Å². The fraction of sp³-hybridized carbons (Fsp3) is 0.481. The van der Waals surface area contributed by atoms with E-state index in [0.717, 1.165) is 42.9 Å². The van der Waals surface area contributed by atoms with Gasteiger partial charge in [-0.05, 0) is 55.7 Å². The number of benzene rings is 2. The fourth-order valence-electron chi connectivity index (χ4n) is 5.12. The number of hydrogen-bond acceptors (Lipinski definition) is 8. The number of halogens is 3. The molecule has 14 heteroatoms. The lowest BCUT2D eigenvalue weighted by atomic mass is 9.96. The number of sulfonamides is 1. The van der Waals surface area contributed by atoms with Crippen LogP contribution in [0.25, 0.3) is 10.2 Å². The third kappa shape index (κ3) is 7.12. The van der Waals surface area contributed by atoms with Crippen LogP contribution in [0.4, 0.5) is 9.52 Å². The summed E-state index contributed by atoms with van der Waals surface area (Å²) in [5, 5.41) is 1.09. The van der Waals surface area contributed by atoms with Crippen molar-refractivity contribution in [2.75, 3.05) is 64.5 Å². The summed E-state index contributed by atoms with van der Waals surface area (Å²) in [5.41, 5.74) is 0.612. The number of rotatable bonds is 9. The topological polar surface area (TPSA) is 92.3 Å². The number of hydrogen-bond donors (Lipinski definition) is 0. The van der Waals surface area contributed by atoms with Gasteiger partial charge in [-0.2, -0.15) is 4.31 Å². The molecule has 1 aromatic heterocycles. The highest BCUT2D eigenvalue weighted by atomic mass is 35.5. The molecule has 3 heterocycles. The van der Waals surface area contributed by atoms with Gasteiger partial charge < -0.3 is 9.47 Å². The van der Waals surface area contributed by atoms with Crippen molar-refractivity contribution in [2.24, 2.45) is 5.92 Å². The molecule has 0 saturated carbocycles. The van der Waals surface area contributed by atoms with Crippen LogP contribution in [-0.2, 0) is 19.6 Å². The number of piperidine rings is 1.